The van der Waals surface area contributed by atoms with Crippen LogP contribution in [0, 0.1) is 46.3 Å². The molecule has 0 aromatic rings. The van der Waals surface area contributed by atoms with E-state index < -0.39 is 5.97 Å². The van der Waals surface area contributed by atoms with Crippen molar-refractivity contribution in [2.24, 2.45) is 46.3 Å². The van der Waals surface area contributed by atoms with Gasteiger partial charge >= 0.3 is 29.6 Å². The van der Waals surface area contributed by atoms with E-state index in [1.54, 1.807) is 5.57 Å². The molecule has 0 aliphatic heterocycles. The number of unbranched alkanes of at least 4 members (excludes halogenated alkanes) is 11. The van der Waals surface area contributed by atoms with E-state index in [1.165, 1.54) is 122 Å². The Morgan fingerprint density at radius 3 is 2.08 bits per heavy atom. The van der Waals surface area contributed by atoms with Crippen molar-refractivity contribution in [2.75, 3.05) is 0 Å². The molecule has 0 aromatic carbocycles. The van der Waals surface area contributed by atoms with Crippen LogP contribution in [0.4, 0.5) is 0 Å². The van der Waals surface area contributed by atoms with Crippen molar-refractivity contribution in [1.29, 1.82) is 0 Å². The summed E-state index contributed by atoms with van der Waals surface area (Å²) >= 11 is 0. The molecule has 4 rings (SSSR count). The maximum absolute atomic E-state index is 10.2. The third kappa shape index (κ3) is 14.6. The number of allylic oxidation sites excluding steroid dienone is 3. The molecule has 50 heavy (non-hydrogen) atoms. The van der Waals surface area contributed by atoms with E-state index in [-0.39, 0.29) is 47.6 Å². The normalized spacial score (nSPS) is 30.6. The van der Waals surface area contributed by atoms with Crippen molar-refractivity contribution < 1.29 is 50.0 Å². The Morgan fingerprint density at radius 1 is 0.840 bits per heavy atom. The second-order valence-corrected chi connectivity index (χ2v) is 17.9. The number of aliphatic hydroxyl groups is 1. The zero-order valence-corrected chi connectivity index (χ0v) is 36.2. The average molecular weight is 709 g/mol. The van der Waals surface area contributed by atoms with E-state index in [0.29, 0.717) is 10.8 Å². The Morgan fingerprint density at radius 2 is 1.46 bits per heavy atom. The molecule has 8 atom stereocenters. The number of carbonyl (C=O) groups is 1. The fourth-order valence-corrected chi connectivity index (χ4v) is 11.0. The Bertz CT molecular complexity index is 976. The number of aliphatic carboxylic acids is 1. The summed E-state index contributed by atoms with van der Waals surface area (Å²) in [4.78, 5) is 10.2. The van der Waals surface area contributed by atoms with E-state index in [1.807, 2.05) is 0 Å². The first-order valence-electron chi connectivity index (χ1n) is 21.2. The van der Waals surface area contributed by atoms with Crippen molar-refractivity contribution in [3.8, 4) is 0 Å². The van der Waals surface area contributed by atoms with Gasteiger partial charge in [-0.05, 0) is 136 Å². The molecular formula is C45H81NaO4. The number of hydrogen-bond donors (Lipinski definition) is 1. The molecule has 3 fully saturated rings. The molecule has 3 saturated carbocycles. The molecule has 4 aliphatic carbocycles. The maximum Gasteiger partial charge on any atom is 1.00 e. The van der Waals surface area contributed by atoms with Crippen LogP contribution >= 0.6 is 0 Å². The summed E-state index contributed by atoms with van der Waals surface area (Å²) in [5.41, 5.74) is 2.60. The fraction of sp³-hybridized carbons (Fsp3) is 0.889. The summed E-state index contributed by atoms with van der Waals surface area (Å²) in [5.74, 6) is 4.54. The minimum absolute atomic E-state index is 0. The number of hydrogen-bond acceptors (Lipinski definition) is 3. The van der Waals surface area contributed by atoms with Gasteiger partial charge in [0, 0.05) is 5.97 Å². The summed E-state index contributed by atoms with van der Waals surface area (Å²) in [6.45, 7) is 14.8. The van der Waals surface area contributed by atoms with Crippen molar-refractivity contribution in [2.45, 2.75) is 208 Å². The summed E-state index contributed by atoms with van der Waals surface area (Å²) in [6.07, 6.45) is 38.1. The second-order valence-electron chi connectivity index (χ2n) is 17.9. The van der Waals surface area contributed by atoms with E-state index in [9.17, 15) is 15.0 Å². The molecule has 3 N–H and O–H groups in total. The van der Waals surface area contributed by atoms with Gasteiger partial charge in [0.05, 0.1) is 6.10 Å². The number of aliphatic hydroxyl groups excluding tert-OH is 1. The van der Waals surface area contributed by atoms with Gasteiger partial charge in [0.25, 0.3) is 0 Å². The smallest absolute Gasteiger partial charge is 0.550 e. The molecule has 0 amide bonds. The first kappa shape index (κ1) is 47.9. The first-order chi connectivity index (χ1) is 23.0. The van der Waals surface area contributed by atoms with Crippen LogP contribution in [0.15, 0.2) is 23.8 Å². The minimum Gasteiger partial charge on any atom is -0.550 e. The Balaban J connectivity index is 0.000000511. The molecular weight excluding hydrogens is 627 g/mol. The van der Waals surface area contributed by atoms with Crippen molar-refractivity contribution in [1.82, 2.24) is 0 Å². The van der Waals surface area contributed by atoms with Crippen molar-refractivity contribution in [3.63, 3.8) is 0 Å². The topological polar surface area (TPSA) is 91.9 Å². The molecule has 5 heteroatoms. The predicted molar refractivity (Wildman–Crippen MR) is 207 cm³/mol. The van der Waals surface area contributed by atoms with E-state index >= 15 is 0 Å². The van der Waals surface area contributed by atoms with Crippen molar-refractivity contribution >= 4 is 5.97 Å². The third-order valence-electron chi connectivity index (χ3n) is 13.9. The molecule has 0 aromatic heterocycles. The van der Waals surface area contributed by atoms with Gasteiger partial charge in [0.2, 0.25) is 0 Å². The first-order valence-corrected chi connectivity index (χ1v) is 21.2. The Kier molecular flexibility index (Phi) is 24.0. The second kappa shape index (κ2) is 25.0. The van der Waals surface area contributed by atoms with Gasteiger partial charge in [-0.25, -0.2) is 0 Å². The summed E-state index contributed by atoms with van der Waals surface area (Å²) in [6, 6.07) is 0. The number of fused-ring (bicyclic) bond motifs is 5. The van der Waals surface area contributed by atoms with E-state index in [2.05, 4.69) is 59.8 Å². The third-order valence-corrected chi connectivity index (χ3v) is 13.9. The standard InChI is InChI=1S/C27H46O.C18H34O2.Na.H2O/c1-18(2)7-6-8-19(3)23-11-12-24-22-10-9-20-17-21(28)13-15-26(20,4)25(22)14-16-27(23,24)5;1-2-3-4-5-6-7-8-9-10-11-12-13-14-15-16-17-18(19)20;;/h9,18-19,21-25,28H,6-8,10-17H2,1-5H3;9-10H,2-8,11-17H2,1H3,(H,19,20);;1H2/q;;+1;/p-1/b;10-9-;;/t19-,21+,22+,23-,24+,25+,26+,27-;;;/m1.../s1. The zero-order chi connectivity index (χ0) is 35.0. The van der Waals surface area contributed by atoms with Crippen LogP contribution in [-0.2, 0) is 4.79 Å². The van der Waals surface area contributed by atoms with Gasteiger partial charge in [0.1, 0.15) is 0 Å². The van der Waals surface area contributed by atoms with Crippen molar-refractivity contribution in [3.05, 3.63) is 23.8 Å². The molecule has 4 nitrogen and oxygen atoms in total. The van der Waals surface area contributed by atoms with Crippen LogP contribution < -0.4 is 34.7 Å². The average Bonchev–Trinajstić information content (AvgIpc) is 3.40. The summed E-state index contributed by atoms with van der Waals surface area (Å²) in [7, 11) is 0. The van der Waals surface area contributed by atoms with Gasteiger partial charge in [-0.3, -0.25) is 0 Å². The molecule has 0 heterocycles. The van der Waals surface area contributed by atoms with Gasteiger partial charge in [-0.15, -0.1) is 0 Å². The van der Waals surface area contributed by atoms with Crippen LogP contribution in [0.2, 0.25) is 0 Å². The molecule has 286 valence electrons. The van der Waals surface area contributed by atoms with Crippen LogP contribution in [0.25, 0.3) is 0 Å². The predicted octanol–water partition coefficient (Wildman–Crippen LogP) is 8.34. The quantitative estimate of drug-likeness (QED) is 0.0783. The largest absolute Gasteiger partial charge is 1.00 e. The Labute approximate surface area is 332 Å². The molecule has 0 unspecified atom stereocenters. The van der Waals surface area contributed by atoms with E-state index in [4.69, 9.17) is 0 Å². The minimum atomic E-state index is -0.914. The van der Waals surface area contributed by atoms with Gasteiger partial charge < -0.3 is 20.5 Å². The molecule has 0 radical (unpaired) electrons. The van der Waals surface area contributed by atoms with Gasteiger partial charge in [-0.2, -0.15) is 0 Å². The van der Waals surface area contributed by atoms with E-state index in [0.717, 1.165) is 67.6 Å². The monoisotopic (exact) mass is 709 g/mol. The Hall–Kier alpha value is -0.130. The molecule has 0 spiro atoms. The number of carboxylic acid groups (broad SMARTS) is 1. The molecule has 4 aliphatic rings. The summed E-state index contributed by atoms with van der Waals surface area (Å²) < 4.78 is 0. The van der Waals surface area contributed by atoms with Crippen LogP contribution in [0.3, 0.4) is 0 Å². The molecule has 0 bridgehead atoms. The maximum atomic E-state index is 10.2. The summed E-state index contributed by atoms with van der Waals surface area (Å²) in [5, 5.41) is 20.4. The number of rotatable bonds is 20. The SMILES string of the molecule is CC(C)CCC[C@@H](C)[C@H]1CC[C@H]2[C@@H]3CC=C4C[C@@H](O)CC[C@]4(C)[C@H]3CC[C@]12C.CCCCCCCC/C=C\CCCCCCCC(=O)[O-].O.[Na+]. The van der Waals surface area contributed by atoms with Gasteiger partial charge in [0.15, 0.2) is 0 Å². The number of carboxylic acids is 1. The van der Waals surface area contributed by atoms with Gasteiger partial charge in [-0.1, -0.05) is 136 Å². The van der Waals surface area contributed by atoms with Crippen LogP contribution in [0.5, 0.6) is 0 Å². The zero-order valence-electron chi connectivity index (χ0n) is 34.2. The number of carbonyl (C=O) groups excluding carboxylic acids is 1. The van der Waals surface area contributed by atoms with Crippen LogP contribution in [-0.4, -0.2) is 22.7 Å². The molecule has 0 saturated heterocycles. The van der Waals surface area contributed by atoms with Crippen LogP contribution in [0.1, 0.15) is 202 Å². The fourth-order valence-electron chi connectivity index (χ4n) is 11.0.